The molecule has 0 radical (unpaired) electrons. The number of rotatable bonds is 3. The topological polar surface area (TPSA) is 92.9 Å². The van der Waals surface area contributed by atoms with Crippen LogP contribution in [0.2, 0.25) is 0 Å². The monoisotopic (exact) mass is 287 g/mol. The number of carbonyl (C=O) groups is 1. The van der Waals surface area contributed by atoms with Gasteiger partial charge in [-0.2, -0.15) is 0 Å². The zero-order valence-electron chi connectivity index (χ0n) is 11.7. The SMILES string of the molecule is Cc1ncc(C(=O)N[C@@H]2CC[C@@H](n3ccnc3)[C@@H]2O)cn1. The summed E-state index contributed by atoms with van der Waals surface area (Å²) in [5.74, 6) is 0.359. The normalized spacial score (nSPS) is 25.0. The Morgan fingerprint density at radius 2 is 2.14 bits per heavy atom. The number of aryl methyl sites for hydroxylation is 1. The molecule has 0 saturated heterocycles. The molecule has 2 heterocycles. The first-order valence-corrected chi connectivity index (χ1v) is 6.90. The highest BCUT2D eigenvalue weighted by atomic mass is 16.3. The van der Waals surface area contributed by atoms with E-state index in [9.17, 15) is 9.90 Å². The van der Waals surface area contributed by atoms with E-state index >= 15 is 0 Å². The Kier molecular flexibility index (Phi) is 3.66. The zero-order valence-corrected chi connectivity index (χ0v) is 11.7. The highest BCUT2D eigenvalue weighted by molar-refractivity contribution is 5.93. The fraction of sp³-hybridized carbons (Fsp3) is 0.429. The summed E-state index contributed by atoms with van der Waals surface area (Å²) in [6, 6.07) is -0.321. The molecule has 110 valence electrons. The molecular weight excluding hydrogens is 270 g/mol. The third-order valence-electron chi connectivity index (χ3n) is 3.85. The predicted octanol–water partition coefficient (Wildman–Crippen LogP) is 0.476. The van der Waals surface area contributed by atoms with E-state index in [1.165, 1.54) is 12.4 Å². The molecule has 0 aromatic carbocycles. The van der Waals surface area contributed by atoms with Crippen LogP contribution in [-0.2, 0) is 0 Å². The smallest absolute Gasteiger partial charge is 0.254 e. The highest BCUT2D eigenvalue weighted by Crippen LogP contribution is 2.30. The molecule has 21 heavy (non-hydrogen) atoms. The van der Waals surface area contributed by atoms with Crippen LogP contribution in [0, 0.1) is 6.92 Å². The van der Waals surface area contributed by atoms with Gasteiger partial charge >= 0.3 is 0 Å². The first-order chi connectivity index (χ1) is 10.1. The Bertz CT molecular complexity index is 611. The van der Waals surface area contributed by atoms with E-state index in [1.54, 1.807) is 19.4 Å². The molecule has 2 aromatic heterocycles. The van der Waals surface area contributed by atoms with Crippen LogP contribution in [0.5, 0.6) is 0 Å². The van der Waals surface area contributed by atoms with Gasteiger partial charge in [0.15, 0.2) is 0 Å². The van der Waals surface area contributed by atoms with Crippen molar-refractivity contribution < 1.29 is 9.90 Å². The minimum Gasteiger partial charge on any atom is -0.389 e. The van der Waals surface area contributed by atoms with E-state index in [4.69, 9.17) is 0 Å². The zero-order chi connectivity index (χ0) is 14.8. The van der Waals surface area contributed by atoms with Crippen molar-refractivity contribution in [2.45, 2.75) is 38.0 Å². The van der Waals surface area contributed by atoms with Crippen LogP contribution in [0.4, 0.5) is 0 Å². The van der Waals surface area contributed by atoms with Crippen molar-refractivity contribution >= 4 is 5.91 Å². The van der Waals surface area contributed by atoms with Crippen molar-refractivity contribution in [3.63, 3.8) is 0 Å². The second-order valence-corrected chi connectivity index (χ2v) is 5.24. The number of nitrogens with one attached hydrogen (secondary N) is 1. The Labute approximate surface area is 122 Å². The van der Waals surface area contributed by atoms with Crippen molar-refractivity contribution in [2.75, 3.05) is 0 Å². The third kappa shape index (κ3) is 2.78. The van der Waals surface area contributed by atoms with Crippen molar-refractivity contribution in [2.24, 2.45) is 0 Å². The molecule has 7 heteroatoms. The van der Waals surface area contributed by atoms with Crippen LogP contribution >= 0.6 is 0 Å². The van der Waals surface area contributed by atoms with Gasteiger partial charge in [-0.1, -0.05) is 0 Å². The van der Waals surface area contributed by atoms with Crippen LogP contribution in [-0.4, -0.2) is 42.7 Å². The van der Waals surface area contributed by atoms with Gasteiger partial charge in [0.2, 0.25) is 0 Å². The van der Waals surface area contributed by atoms with Gasteiger partial charge < -0.3 is 15.0 Å². The number of imidazole rings is 1. The fourth-order valence-corrected chi connectivity index (χ4v) is 2.67. The van der Waals surface area contributed by atoms with Gasteiger partial charge in [0, 0.05) is 24.8 Å². The van der Waals surface area contributed by atoms with E-state index in [1.807, 2.05) is 10.8 Å². The summed E-state index contributed by atoms with van der Waals surface area (Å²) in [7, 11) is 0. The lowest BCUT2D eigenvalue weighted by molar-refractivity contribution is 0.0813. The molecule has 0 spiro atoms. The number of amides is 1. The molecule has 0 aliphatic heterocycles. The van der Waals surface area contributed by atoms with Gasteiger partial charge in [0.25, 0.3) is 5.91 Å². The summed E-state index contributed by atoms with van der Waals surface area (Å²) >= 11 is 0. The maximum Gasteiger partial charge on any atom is 0.254 e. The van der Waals surface area contributed by atoms with E-state index in [2.05, 4.69) is 20.3 Å². The molecule has 1 saturated carbocycles. The number of carbonyl (C=O) groups excluding carboxylic acids is 1. The third-order valence-corrected chi connectivity index (χ3v) is 3.85. The Hall–Kier alpha value is -2.28. The molecule has 0 bridgehead atoms. The van der Waals surface area contributed by atoms with Crippen LogP contribution in [0.3, 0.4) is 0 Å². The quantitative estimate of drug-likeness (QED) is 0.856. The predicted molar refractivity (Wildman–Crippen MR) is 74.5 cm³/mol. The number of aliphatic hydroxyl groups is 1. The van der Waals surface area contributed by atoms with Crippen LogP contribution < -0.4 is 5.32 Å². The molecule has 1 aliphatic rings. The molecule has 3 rings (SSSR count). The first-order valence-electron chi connectivity index (χ1n) is 6.90. The van der Waals surface area contributed by atoms with Gasteiger partial charge in [0.1, 0.15) is 5.82 Å². The van der Waals surface area contributed by atoms with Gasteiger partial charge in [-0.3, -0.25) is 4.79 Å². The van der Waals surface area contributed by atoms with Gasteiger partial charge in [0.05, 0.1) is 30.1 Å². The number of hydrogen-bond donors (Lipinski definition) is 2. The Morgan fingerprint density at radius 1 is 1.38 bits per heavy atom. The summed E-state index contributed by atoms with van der Waals surface area (Å²) in [4.78, 5) is 24.1. The fourth-order valence-electron chi connectivity index (χ4n) is 2.67. The Morgan fingerprint density at radius 3 is 2.81 bits per heavy atom. The van der Waals surface area contributed by atoms with Crippen LogP contribution in [0.25, 0.3) is 0 Å². The number of aliphatic hydroxyl groups excluding tert-OH is 1. The minimum absolute atomic E-state index is 0.0490. The molecule has 3 atom stereocenters. The van der Waals surface area contributed by atoms with Crippen LogP contribution in [0.1, 0.15) is 35.1 Å². The van der Waals surface area contributed by atoms with Crippen molar-refractivity contribution in [3.8, 4) is 0 Å². The van der Waals surface area contributed by atoms with E-state index in [-0.39, 0.29) is 18.0 Å². The second-order valence-electron chi connectivity index (χ2n) is 5.24. The lowest BCUT2D eigenvalue weighted by atomic mass is 10.1. The van der Waals surface area contributed by atoms with Crippen molar-refractivity contribution in [1.29, 1.82) is 0 Å². The second kappa shape index (κ2) is 5.61. The molecule has 2 aromatic rings. The van der Waals surface area contributed by atoms with E-state index in [0.29, 0.717) is 11.4 Å². The first kappa shape index (κ1) is 13.7. The van der Waals surface area contributed by atoms with Gasteiger partial charge in [-0.15, -0.1) is 0 Å². The number of hydrogen-bond acceptors (Lipinski definition) is 5. The largest absolute Gasteiger partial charge is 0.389 e. The van der Waals surface area contributed by atoms with E-state index in [0.717, 1.165) is 12.8 Å². The molecule has 1 aliphatic carbocycles. The summed E-state index contributed by atoms with van der Waals surface area (Å²) in [5.41, 5.74) is 0.402. The van der Waals surface area contributed by atoms with Crippen LogP contribution in [0.15, 0.2) is 31.1 Å². The molecule has 0 unspecified atom stereocenters. The summed E-state index contributed by atoms with van der Waals surface area (Å²) in [5, 5.41) is 13.2. The molecule has 1 fully saturated rings. The maximum absolute atomic E-state index is 12.1. The average molecular weight is 287 g/mol. The highest BCUT2D eigenvalue weighted by Gasteiger charge is 2.36. The molecular formula is C14H17N5O2. The lowest BCUT2D eigenvalue weighted by Crippen LogP contribution is -2.42. The van der Waals surface area contributed by atoms with Gasteiger partial charge in [-0.05, 0) is 19.8 Å². The van der Waals surface area contributed by atoms with Gasteiger partial charge in [-0.25, -0.2) is 15.0 Å². The van der Waals surface area contributed by atoms with E-state index < -0.39 is 6.10 Å². The minimum atomic E-state index is -0.630. The summed E-state index contributed by atoms with van der Waals surface area (Å²) in [6.07, 6.45) is 9.07. The average Bonchev–Trinajstić information content (AvgIpc) is 3.10. The summed E-state index contributed by atoms with van der Waals surface area (Å²) in [6.45, 7) is 1.76. The number of aromatic nitrogens is 4. The molecule has 2 N–H and O–H groups in total. The molecule has 7 nitrogen and oxygen atoms in total. The molecule has 1 amide bonds. The summed E-state index contributed by atoms with van der Waals surface area (Å²) < 4.78 is 1.88. The van der Waals surface area contributed by atoms with Crippen molar-refractivity contribution in [3.05, 3.63) is 42.5 Å². The lowest BCUT2D eigenvalue weighted by Gasteiger charge is -2.21. The standard InChI is InChI=1S/C14H17N5O2/c1-9-16-6-10(7-17-9)14(21)18-11-2-3-12(13(11)20)19-5-4-15-8-19/h4-8,11-13,20H,2-3H2,1H3,(H,18,21)/t11-,12-,13-/m1/s1. The Balaban J connectivity index is 1.66. The van der Waals surface area contributed by atoms with Crippen molar-refractivity contribution in [1.82, 2.24) is 24.8 Å². The number of nitrogens with zero attached hydrogens (tertiary/aromatic N) is 4. The maximum atomic E-state index is 12.1.